The number of phenolic OH excluding ortho intramolecular Hbond substituents is 1. The molecule has 3 aromatic rings. The number of phenols is 1. The summed E-state index contributed by atoms with van der Waals surface area (Å²) in [6.45, 7) is 9.28. The van der Waals surface area contributed by atoms with E-state index in [2.05, 4.69) is 9.80 Å². The monoisotopic (exact) mass is 448 g/mol. The fourth-order valence-corrected chi connectivity index (χ4v) is 5.20. The third-order valence-corrected chi connectivity index (χ3v) is 7.09. The molecule has 1 aromatic heterocycles. The highest BCUT2D eigenvalue weighted by Crippen LogP contribution is 2.32. The van der Waals surface area contributed by atoms with Crippen molar-refractivity contribution in [1.82, 2.24) is 9.80 Å². The zero-order chi connectivity index (χ0) is 22.8. The molecule has 2 aliphatic heterocycles. The van der Waals surface area contributed by atoms with Gasteiger partial charge in [0.25, 0.3) is 0 Å². The van der Waals surface area contributed by atoms with Crippen LogP contribution in [0.25, 0.3) is 22.1 Å². The minimum Gasteiger partial charge on any atom is -0.507 e. The van der Waals surface area contributed by atoms with Gasteiger partial charge in [-0.1, -0.05) is 30.3 Å². The molecule has 6 heteroatoms. The maximum atomic E-state index is 13.4. The predicted octanol–water partition coefficient (Wildman–Crippen LogP) is 4.02. The highest BCUT2D eigenvalue weighted by Gasteiger charge is 2.25. The van der Waals surface area contributed by atoms with Crippen molar-refractivity contribution in [2.45, 2.75) is 26.3 Å². The Kier molecular flexibility index (Phi) is 6.49. The van der Waals surface area contributed by atoms with Crippen LogP contribution in [-0.4, -0.2) is 60.8 Å². The van der Waals surface area contributed by atoms with Crippen molar-refractivity contribution in [2.24, 2.45) is 5.92 Å². The van der Waals surface area contributed by atoms with Gasteiger partial charge in [-0.15, -0.1) is 0 Å². The lowest BCUT2D eigenvalue weighted by Crippen LogP contribution is -2.42. The van der Waals surface area contributed by atoms with Crippen LogP contribution in [0.2, 0.25) is 0 Å². The summed E-state index contributed by atoms with van der Waals surface area (Å²) in [6.07, 6.45) is 2.29. The van der Waals surface area contributed by atoms with Crippen molar-refractivity contribution in [1.29, 1.82) is 0 Å². The summed E-state index contributed by atoms with van der Waals surface area (Å²) in [4.78, 5) is 18.3. The van der Waals surface area contributed by atoms with Gasteiger partial charge in [0.1, 0.15) is 17.1 Å². The van der Waals surface area contributed by atoms with Crippen molar-refractivity contribution >= 4 is 11.0 Å². The second-order valence-electron chi connectivity index (χ2n) is 9.30. The summed E-state index contributed by atoms with van der Waals surface area (Å²) < 4.78 is 11.7. The number of piperidine rings is 1. The van der Waals surface area contributed by atoms with Crippen LogP contribution in [0.3, 0.4) is 0 Å². The lowest BCUT2D eigenvalue weighted by Gasteiger charge is -2.36. The first-order valence-electron chi connectivity index (χ1n) is 12.0. The van der Waals surface area contributed by atoms with Crippen LogP contribution in [-0.2, 0) is 11.3 Å². The van der Waals surface area contributed by atoms with Crippen molar-refractivity contribution in [3.63, 3.8) is 0 Å². The van der Waals surface area contributed by atoms with Gasteiger partial charge in [0.15, 0.2) is 0 Å². The van der Waals surface area contributed by atoms with Crippen LogP contribution in [0, 0.1) is 12.8 Å². The molecule has 2 aromatic carbocycles. The number of nitrogens with zero attached hydrogens (tertiary/aromatic N) is 2. The number of fused-ring (bicyclic) bond motifs is 1. The molecule has 2 saturated heterocycles. The average molecular weight is 449 g/mol. The molecule has 0 aliphatic carbocycles. The van der Waals surface area contributed by atoms with E-state index >= 15 is 0 Å². The molecule has 1 N–H and O–H groups in total. The third-order valence-electron chi connectivity index (χ3n) is 7.09. The zero-order valence-electron chi connectivity index (χ0n) is 19.3. The highest BCUT2D eigenvalue weighted by molar-refractivity contribution is 5.86. The summed E-state index contributed by atoms with van der Waals surface area (Å²) in [7, 11) is 0. The van der Waals surface area contributed by atoms with Crippen LogP contribution in [0.1, 0.15) is 24.2 Å². The normalized spacial score (nSPS) is 18.7. The van der Waals surface area contributed by atoms with Gasteiger partial charge < -0.3 is 14.3 Å². The predicted molar refractivity (Wildman–Crippen MR) is 130 cm³/mol. The summed E-state index contributed by atoms with van der Waals surface area (Å²) in [5.41, 5.74) is 2.60. The quantitative estimate of drug-likeness (QED) is 0.636. The minimum absolute atomic E-state index is 0.0505. The minimum atomic E-state index is -0.0505. The summed E-state index contributed by atoms with van der Waals surface area (Å²) >= 11 is 0. The fraction of sp³-hybridized carbons (Fsp3) is 0.444. The third kappa shape index (κ3) is 4.69. The van der Waals surface area contributed by atoms with Crippen molar-refractivity contribution < 1.29 is 14.3 Å². The van der Waals surface area contributed by atoms with Gasteiger partial charge >= 0.3 is 0 Å². The van der Waals surface area contributed by atoms with Crippen LogP contribution in [0.5, 0.6) is 5.75 Å². The molecule has 174 valence electrons. The van der Waals surface area contributed by atoms with E-state index in [0.29, 0.717) is 40.3 Å². The van der Waals surface area contributed by atoms with Gasteiger partial charge in [-0.25, -0.2) is 0 Å². The number of likely N-dealkylation sites (tertiary alicyclic amines) is 1. The number of benzene rings is 2. The summed E-state index contributed by atoms with van der Waals surface area (Å²) in [5.74, 6) is 1.47. The Morgan fingerprint density at radius 2 is 1.70 bits per heavy atom. The molecular weight excluding hydrogens is 416 g/mol. The molecule has 5 rings (SSSR count). The van der Waals surface area contributed by atoms with E-state index in [9.17, 15) is 9.90 Å². The van der Waals surface area contributed by atoms with Gasteiger partial charge in [0.05, 0.1) is 29.7 Å². The van der Waals surface area contributed by atoms with E-state index in [4.69, 9.17) is 9.15 Å². The maximum absolute atomic E-state index is 13.4. The molecule has 0 atom stereocenters. The second kappa shape index (κ2) is 9.67. The molecule has 0 spiro atoms. The van der Waals surface area contributed by atoms with Crippen LogP contribution < -0.4 is 5.43 Å². The molecule has 3 heterocycles. The number of ether oxygens (including phenoxy) is 1. The molecule has 0 amide bonds. The van der Waals surface area contributed by atoms with E-state index in [1.54, 1.807) is 12.1 Å². The number of morpholine rings is 1. The van der Waals surface area contributed by atoms with E-state index in [0.717, 1.165) is 64.3 Å². The Bertz CT molecular complexity index is 1160. The Morgan fingerprint density at radius 3 is 2.42 bits per heavy atom. The Labute approximate surface area is 194 Å². The molecule has 0 unspecified atom stereocenters. The van der Waals surface area contributed by atoms with Gasteiger partial charge in [0.2, 0.25) is 5.43 Å². The molecule has 0 saturated carbocycles. The van der Waals surface area contributed by atoms with Gasteiger partial charge in [-0.2, -0.15) is 0 Å². The Balaban J connectivity index is 1.35. The Morgan fingerprint density at radius 1 is 0.970 bits per heavy atom. The average Bonchev–Trinajstić information content (AvgIpc) is 2.83. The van der Waals surface area contributed by atoms with E-state index in [-0.39, 0.29) is 11.2 Å². The standard InChI is InChI=1S/C27H32N2O4/c1-19-25(21-5-3-2-4-6-21)26(31)22-7-8-24(30)23(27(22)33-19)18-28-11-9-20(10-12-28)17-29-13-15-32-16-14-29/h2-8,20,30H,9-18H2,1H3. The molecule has 33 heavy (non-hydrogen) atoms. The van der Waals surface area contributed by atoms with Crippen LogP contribution in [0.4, 0.5) is 0 Å². The Hall–Kier alpha value is -2.67. The van der Waals surface area contributed by atoms with Gasteiger partial charge in [0, 0.05) is 26.2 Å². The molecule has 2 fully saturated rings. The second-order valence-corrected chi connectivity index (χ2v) is 9.30. The van der Waals surface area contributed by atoms with Crippen molar-refractivity contribution in [3.05, 3.63) is 64.0 Å². The maximum Gasteiger partial charge on any atom is 0.200 e. The number of aromatic hydroxyl groups is 1. The molecule has 0 bridgehead atoms. The van der Waals surface area contributed by atoms with Gasteiger partial charge in [-0.05, 0) is 56.5 Å². The number of hydrogen-bond acceptors (Lipinski definition) is 6. The van der Waals surface area contributed by atoms with Crippen molar-refractivity contribution in [3.8, 4) is 16.9 Å². The lowest BCUT2D eigenvalue weighted by molar-refractivity contribution is 0.0242. The first kappa shape index (κ1) is 22.1. The smallest absolute Gasteiger partial charge is 0.200 e. The van der Waals surface area contributed by atoms with E-state index in [1.165, 1.54) is 0 Å². The van der Waals surface area contributed by atoms with Gasteiger partial charge in [-0.3, -0.25) is 14.6 Å². The lowest BCUT2D eigenvalue weighted by atomic mass is 9.95. The van der Waals surface area contributed by atoms with E-state index < -0.39 is 0 Å². The first-order valence-corrected chi connectivity index (χ1v) is 12.0. The fourth-order valence-electron chi connectivity index (χ4n) is 5.20. The largest absolute Gasteiger partial charge is 0.507 e. The number of rotatable bonds is 5. The molecular formula is C27H32N2O4. The summed E-state index contributed by atoms with van der Waals surface area (Å²) in [6, 6.07) is 12.9. The summed E-state index contributed by atoms with van der Waals surface area (Å²) in [5, 5.41) is 11.2. The number of aryl methyl sites for hydroxylation is 1. The zero-order valence-corrected chi connectivity index (χ0v) is 19.3. The van der Waals surface area contributed by atoms with E-state index in [1.807, 2.05) is 37.3 Å². The molecule has 2 aliphatic rings. The highest BCUT2D eigenvalue weighted by atomic mass is 16.5. The molecule has 0 radical (unpaired) electrons. The molecule has 6 nitrogen and oxygen atoms in total. The first-order chi connectivity index (χ1) is 16.1. The SMILES string of the molecule is Cc1oc2c(CN3CCC(CN4CCOCC4)CC3)c(O)ccc2c(=O)c1-c1ccccc1. The topological polar surface area (TPSA) is 66.2 Å². The number of hydrogen-bond donors (Lipinski definition) is 1. The van der Waals surface area contributed by atoms with Crippen LogP contribution in [0.15, 0.2) is 51.7 Å². The van der Waals surface area contributed by atoms with Crippen LogP contribution >= 0.6 is 0 Å². The van der Waals surface area contributed by atoms with Crippen molar-refractivity contribution in [2.75, 3.05) is 45.9 Å².